The number of H-pyrrole nitrogens is 1. The number of rotatable bonds is 16. The van der Waals surface area contributed by atoms with Gasteiger partial charge in [-0.1, -0.05) is 24.3 Å². The van der Waals surface area contributed by atoms with Crippen molar-refractivity contribution in [3.63, 3.8) is 0 Å². The van der Waals surface area contributed by atoms with Gasteiger partial charge in [-0.2, -0.15) is 0 Å². The third-order valence-corrected chi connectivity index (χ3v) is 7.97. The van der Waals surface area contributed by atoms with Crippen LogP contribution in [0.2, 0.25) is 0 Å². The van der Waals surface area contributed by atoms with Gasteiger partial charge in [0.25, 0.3) is 0 Å². The summed E-state index contributed by atoms with van der Waals surface area (Å²) >= 11 is 11.8. The molecule has 0 saturated carbocycles. The number of halogens is 2. The highest BCUT2D eigenvalue weighted by Crippen LogP contribution is 2.36. The summed E-state index contributed by atoms with van der Waals surface area (Å²) in [5, 5.41) is 8.76. The SMILES string of the molecule is COc1cc(NC(=O)CCCCCOc2ccc(N(CCCl)CCCl)cc2)ccc1Nc1c2ccccc2[nH+]c2ccccc12. The Morgan fingerprint density at radius 1 is 0.822 bits per heavy atom. The number of fused-ring (bicyclic) bond motifs is 2. The maximum atomic E-state index is 12.7. The lowest BCUT2D eigenvalue weighted by molar-refractivity contribution is -0.310. The van der Waals surface area contributed by atoms with E-state index in [9.17, 15) is 4.79 Å². The highest BCUT2D eigenvalue weighted by Gasteiger charge is 2.16. The van der Waals surface area contributed by atoms with E-state index in [2.05, 4.69) is 44.8 Å². The van der Waals surface area contributed by atoms with Gasteiger partial charge in [0.1, 0.15) is 11.5 Å². The number of anilines is 4. The minimum absolute atomic E-state index is 0.0247. The van der Waals surface area contributed by atoms with Crippen LogP contribution in [0.15, 0.2) is 91.0 Å². The lowest BCUT2D eigenvalue weighted by Gasteiger charge is -2.23. The number of pyridine rings is 1. The van der Waals surface area contributed by atoms with Crippen molar-refractivity contribution >= 4 is 73.7 Å². The van der Waals surface area contributed by atoms with Crippen LogP contribution in [0.5, 0.6) is 11.5 Å². The number of alkyl halides is 2. The molecule has 0 bridgehead atoms. The molecule has 0 aliphatic heterocycles. The summed E-state index contributed by atoms with van der Waals surface area (Å²) in [7, 11) is 1.63. The third-order valence-electron chi connectivity index (χ3n) is 7.63. The van der Waals surface area contributed by atoms with Gasteiger partial charge < -0.3 is 25.0 Å². The van der Waals surface area contributed by atoms with Crippen molar-refractivity contribution in [1.82, 2.24) is 0 Å². The molecule has 1 heterocycles. The molecule has 0 spiro atoms. The van der Waals surface area contributed by atoms with Gasteiger partial charge in [0.2, 0.25) is 16.9 Å². The minimum Gasteiger partial charge on any atom is -0.494 e. The number of aromatic nitrogens is 1. The fourth-order valence-corrected chi connectivity index (χ4v) is 5.77. The van der Waals surface area contributed by atoms with Crippen LogP contribution in [0.25, 0.3) is 21.8 Å². The van der Waals surface area contributed by atoms with Crippen molar-refractivity contribution in [1.29, 1.82) is 0 Å². The van der Waals surface area contributed by atoms with Gasteiger partial charge in [-0.25, -0.2) is 4.98 Å². The molecule has 7 nitrogen and oxygen atoms in total. The molecule has 0 atom stereocenters. The molecule has 5 aromatic rings. The topological polar surface area (TPSA) is 77.0 Å². The summed E-state index contributed by atoms with van der Waals surface area (Å²) in [6.07, 6.45) is 2.98. The first-order valence-corrected chi connectivity index (χ1v) is 16.3. The second-order valence-electron chi connectivity index (χ2n) is 10.7. The van der Waals surface area contributed by atoms with E-state index in [4.69, 9.17) is 32.7 Å². The van der Waals surface area contributed by atoms with Crippen molar-refractivity contribution in [2.75, 3.05) is 54.1 Å². The number of hydrogen-bond acceptors (Lipinski definition) is 5. The number of carbonyl (C=O) groups is 1. The van der Waals surface area contributed by atoms with Crippen molar-refractivity contribution in [2.45, 2.75) is 25.7 Å². The lowest BCUT2D eigenvalue weighted by Crippen LogP contribution is -2.27. The van der Waals surface area contributed by atoms with Crippen LogP contribution >= 0.6 is 23.2 Å². The van der Waals surface area contributed by atoms with E-state index in [1.807, 2.05) is 66.7 Å². The third kappa shape index (κ3) is 8.50. The van der Waals surface area contributed by atoms with Gasteiger partial charge in [-0.15, -0.1) is 23.2 Å². The predicted molar refractivity (Wildman–Crippen MR) is 187 cm³/mol. The van der Waals surface area contributed by atoms with Gasteiger partial charge >= 0.3 is 0 Å². The Balaban J connectivity index is 1.10. The molecule has 3 N–H and O–H groups in total. The summed E-state index contributed by atoms with van der Waals surface area (Å²) in [6.45, 7) is 2.10. The van der Waals surface area contributed by atoms with Crippen molar-refractivity contribution < 1.29 is 19.3 Å². The van der Waals surface area contributed by atoms with E-state index >= 15 is 0 Å². The van der Waals surface area contributed by atoms with Gasteiger partial charge in [-0.05, 0) is 67.8 Å². The van der Waals surface area contributed by atoms with Crippen LogP contribution in [-0.4, -0.2) is 44.5 Å². The van der Waals surface area contributed by atoms with E-state index in [0.717, 1.165) is 77.0 Å². The fourth-order valence-electron chi connectivity index (χ4n) is 5.36. The zero-order chi connectivity index (χ0) is 31.4. The van der Waals surface area contributed by atoms with Gasteiger partial charge in [0, 0.05) is 60.8 Å². The summed E-state index contributed by atoms with van der Waals surface area (Å²) < 4.78 is 11.6. The minimum atomic E-state index is -0.0247. The van der Waals surface area contributed by atoms with E-state index in [0.29, 0.717) is 36.2 Å². The number of aromatic amines is 1. The lowest BCUT2D eigenvalue weighted by atomic mass is 10.1. The van der Waals surface area contributed by atoms with E-state index in [1.165, 1.54) is 0 Å². The number of nitrogens with zero attached hydrogens (tertiary/aromatic N) is 1. The van der Waals surface area contributed by atoms with Crippen LogP contribution in [0.1, 0.15) is 25.7 Å². The molecule has 234 valence electrons. The molecule has 0 saturated heterocycles. The molecule has 45 heavy (non-hydrogen) atoms. The average molecular weight is 647 g/mol. The molecule has 1 amide bonds. The van der Waals surface area contributed by atoms with Gasteiger partial charge in [0.05, 0.1) is 35.9 Å². The molecule has 1 aromatic heterocycles. The molecule has 0 unspecified atom stereocenters. The molecule has 0 radical (unpaired) electrons. The molecular weight excluding hydrogens is 607 g/mol. The highest BCUT2D eigenvalue weighted by atomic mass is 35.5. The summed E-state index contributed by atoms with van der Waals surface area (Å²) in [4.78, 5) is 18.4. The van der Waals surface area contributed by atoms with Crippen LogP contribution in [0.3, 0.4) is 0 Å². The van der Waals surface area contributed by atoms with Gasteiger partial charge in [-0.3, -0.25) is 4.79 Å². The molecule has 9 heteroatoms. The quantitative estimate of drug-likeness (QED) is 0.0640. The van der Waals surface area contributed by atoms with E-state index in [1.54, 1.807) is 7.11 Å². The smallest absolute Gasteiger partial charge is 0.224 e. The average Bonchev–Trinajstić information content (AvgIpc) is 3.07. The Hall–Kier alpha value is -4.20. The first-order valence-electron chi connectivity index (χ1n) is 15.3. The molecule has 0 fully saturated rings. The van der Waals surface area contributed by atoms with Crippen LogP contribution in [0, 0.1) is 0 Å². The fraction of sp³-hybridized carbons (Fsp3) is 0.278. The summed E-state index contributed by atoms with van der Waals surface area (Å²) in [5.74, 6) is 2.55. The highest BCUT2D eigenvalue weighted by molar-refractivity contribution is 6.18. The van der Waals surface area contributed by atoms with E-state index < -0.39 is 0 Å². The predicted octanol–water partition coefficient (Wildman–Crippen LogP) is 8.42. The normalized spacial score (nSPS) is 11.0. The maximum absolute atomic E-state index is 12.7. The Bertz CT molecular complexity index is 1650. The zero-order valence-corrected chi connectivity index (χ0v) is 27.0. The van der Waals surface area contributed by atoms with Crippen LogP contribution < -0.4 is 30.0 Å². The summed E-state index contributed by atoms with van der Waals surface area (Å²) in [6, 6.07) is 30.1. The summed E-state index contributed by atoms with van der Waals surface area (Å²) in [5.41, 5.74) is 5.66. The number of para-hydroxylation sites is 2. The standard InChI is InChI=1S/C36H38Cl2N4O3/c1-44-34-25-26(14-19-33(34)41-36-29-9-4-6-11-31(29)40-32-12-7-5-10-30(32)36)39-35(43)13-3-2-8-24-45-28-17-15-27(16-18-28)42(22-20-37)23-21-38/h4-7,9-12,14-19,25H,2-3,8,13,20-24H2,1H3,(H,39,43)(H,40,41)/p+1. The number of unbranched alkanes of at least 4 members (excludes halogenated alkanes) is 2. The largest absolute Gasteiger partial charge is 0.494 e. The Kier molecular flexibility index (Phi) is 11.6. The Morgan fingerprint density at radius 3 is 2.13 bits per heavy atom. The number of carbonyl (C=O) groups excluding carboxylic acids is 1. The second kappa shape index (κ2) is 16.2. The Labute approximate surface area is 274 Å². The molecule has 5 rings (SSSR count). The zero-order valence-electron chi connectivity index (χ0n) is 25.5. The maximum Gasteiger partial charge on any atom is 0.224 e. The van der Waals surface area contributed by atoms with Gasteiger partial charge in [0.15, 0.2) is 0 Å². The van der Waals surface area contributed by atoms with Crippen molar-refractivity contribution in [3.8, 4) is 11.5 Å². The first-order chi connectivity index (χ1) is 22.1. The van der Waals surface area contributed by atoms with Crippen LogP contribution in [0.4, 0.5) is 22.7 Å². The number of methoxy groups -OCH3 is 1. The number of amides is 1. The molecule has 0 aliphatic rings. The number of hydrogen-bond donors (Lipinski definition) is 2. The number of nitrogens with one attached hydrogen (secondary N) is 3. The molecule has 0 aliphatic carbocycles. The first kappa shape index (κ1) is 32.2. The van der Waals surface area contributed by atoms with Crippen LogP contribution in [-0.2, 0) is 4.79 Å². The van der Waals surface area contributed by atoms with Crippen molar-refractivity contribution in [3.05, 3.63) is 91.0 Å². The van der Waals surface area contributed by atoms with E-state index in [-0.39, 0.29) is 5.91 Å². The monoisotopic (exact) mass is 645 g/mol. The number of ether oxygens (including phenoxy) is 2. The number of benzene rings is 4. The van der Waals surface area contributed by atoms with Crippen molar-refractivity contribution in [2.24, 2.45) is 0 Å². The molecular formula is C36H39Cl2N4O3+. The second-order valence-corrected chi connectivity index (χ2v) is 11.5. The Morgan fingerprint density at radius 2 is 1.49 bits per heavy atom. The molecule has 4 aromatic carbocycles.